The Morgan fingerprint density at radius 3 is 2.57 bits per heavy atom. The zero-order valence-electron chi connectivity index (χ0n) is 12.1. The summed E-state index contributed by atoms with van der Waals surface area (Å²) in [6.07, 6.45) is 2.26. The van der Waals surface area contributed by atoms with Crippen LogP contribution >= 0.6 is 0 Å². The van der Waals surface area contributed by atoms with Gasteiger partial charge in [-0.15, -0.1) is 0 Å². The van der Waals surface area contributed by atoms with Gasteiger partial charge < -0.3 is 10.2 Å². The predicted octanol–water partition coefficient (Wildman–Crippen LogP) is 0.854. The maximum absolute atomic E-state index is 12.0. The molecule has 3 N–H and O–H groups in total. The molecule has 0 fully saturated rings. The van der Waals surface area contributed by atoms with Gasteiger partial charge in [0.1, 0.15) is 0 Å². The van der Waals surface area contributed by atoms with Crippen molar-refractivity contribution in [2.24, 2.45) is 5.14 Å². The van der Waals surface area contributed by atoms with Crippen molar-refractivity contribution in [3.63, 3.8) is 0 Å². The lowest BCUT2D eigenvalue weighted by Gasteiger charge is -2.20. The zero-order valence-corrected chi connectivity index (χ0v) is 12.9. The van der Waals surface area contributed by atoms with Crippen LogP contribution in [0.2, 0.25) is 0 Å². The van der Waals surface area contributed by atoms with Crippen LogP contribution in [0, 0.1) is 0 Å². The van der Waals surface area contributed by atoms with Crippen LogP contribution in [0.25, 0.3) is 0 Å². The standard InChI is InChI=1S/C14H21N3O3S/c1-2-7-16-14(18)17-8-5-11-3-4-13(21(15,19)20)10-12(11)6-9-17/h3-4,10H,2,5-9H2,1H3,(H,16,18)(H2,15,19,20). The van der Waals surface area contributed by atoms with Crippen molar-refractivity contribution < 1.29 is 13.2 Å². The van der Waals surface area contributed by atoms with Crippen molar-refractivity contribution in [2.45, 2.75) is 31.1 Å². The lowest BCUT2D eigenvalue weighted by Crippen LogP contribution is -2.41. The molecule has 2 amide bonds. The fourth-order valence-corrected chi connectivity index (χ4v) is 2.99. The van der Waals surface area contributed by atoms with E-state index in [0.29, 0.717) is 26.1 Å². The van der Waals surface area contributed by atoms with Crippen LogP contribution in [0.1, 0.15) is 24.5 Å². The lowest BCUT2D eigenvalue weighted by atomic mass is 10.0. The summed E-state index contributed by atoms with van der Waals surface area (Å²) in [5, 5.41) is 8.02. The highest BCUT2D eigenvalue weighted by atomic mass is 32.2. The third kappa shape index (κ3) is 3.95. The zero-order chi connectivity index (χ0) is 15.5. The van der Waals surface area contributed by atoms with Gasteiger partial charge in [-0.3, -0.25) is 0 Å². The average molecular weight is 311 g/mol. The first-order chi connectivity index (χ1) is 9.91. The van der Waals surface area contributed by atoms with Gasteiger partial charge in [0.2, 0.25) is 10.0 Å². The van der Waals surface area contributed by atoms with E-state index in [1.54, 1.807) is 17.0 Å². The highest BCUT2D eigenvalue weighted by molar-refractivity contribution is 7.89. The highest BCUT2D eigenvalue weighted by Gasteiger charge is 2.19. The normalized spacial score (nSPS) is 15.2. The number of benzene rings is 1. The van der Waals surface area contributed by atoms with E-state index in [9.17, 15) is 13.2 Å². The van der Waals surface area contributed by atoms with E-state index in [4.69, 9.17) is 5.14 Å². The van der Waals surface area contributed by atoms with Crippen LogP contribution in [0.5, 0.6) is 0 Å². The Balaban J connectivity index is 2.12. The van der Waals surface area contributed by atoms with Crippen LogP contribution in [-0.4, -0.2) is 39.0 Å². The number of nitrogens with one attached hydrogen (secondary N) is 1. The number of hydrogen-bond donors (Lipinski definition) is 2. The Morgan fingerprint density at radius 2 is 1.95 bits per heavy atom. The number of hydrogen-bond acceptors (Lipinski definition) is 3. The number of urea groups is 1. The van der Waals surface area contributed by atoms with E-state index in [1.807, 2.05) is 6.92 Å². The topological polar surface area (TPSA) is 92.5 Å². The smallest absolute Gasteiger partial charge is 0.317 e. The third-order valence-corrected chi connectivity index (χ3v) is 4.53. The van der Waals surface area contributed by atoms with Crippen LogP contribution in [0.4, 0.5) is 4.79 Å². The summed E-state index contributed by atoms with van der Waals surface area (Å²) in [5.41, 5.74) is 2.03. The summed E-state index contributed by atoms with van der Waals surface area (Å²) in [5.74, 6) is 0. The molecular formula is C14H21N3O3S. The summed E-state index contributed by atoms with van der Waals surface area (Å²) in [7, 11) is -3.68. The van der Waals surface area contributed by atoms with Crippen LogP contribution < -0.4 is 10.5 Å². The Labute approximate surface area is 125 Å². The van der Waals surface area contributed by atoms with Crippen LogP contribution in [-0.2, 0) is 22.9 Å². The van der Waals surface area contributed by atoms with E-state index in [2.05, 4.69) is 5.32 Å². The first kappa shape index (κ1) is 15.8. The van der Waals surface area contributed by atoms with Gasteiger partial charge in [0.05, 0.1) is 4.90 Å². The number of primary sulfonamides is 1. The quantitative estimate of drug-likeness (QED) is 0.867. The second-order valence-electron chi connectivity index (χ2n) is 5.19. The molecule has 21 heavy (non-hydrogen) atoms. The largest absolute Gasteiger partial charge is 0.338 e. The predicted molar refractivity (Wildman–Crippen MR) is 80.5 cm³/mol. The number of fused-ring (bicyclic) bond motifs is 1. The molecule has 1 aliphatic rings. The minimum absolute atomic E-state index is 0.0590. The summed E-state index contributed by atoms with van der Waals surface area (Å²) in [4.78, 5) is 13.9. The molecule has 0 radical (unpaired) electrons. The molecule has 1 aliphatic heterocycles. The molecule has 1 aromatic rings. The van der Waals surface area contributed by atoms with E-state index >= 15 is 0 Å². The minimum atomic E-state index is -3.68. The third-order valence-electron chi connectivity index (χ3n) is 3.62. The van der Waals surface area contributed by atoms with Crippen LogP contribution in [0.3, 0.4) is 0 Å². The maximum Gasteiger partial charge on any atom is 0.317 e. The van der Waals surface area contributed by atoms with Gasteiger partial charge >= 0.3 is 6.03 Å². The van der Waals surface area contributed by atoms with Crippen molar-refractivity contribution in [3.8, 4) is 0 Å². The van der Waals surface area contributed by atoms with Gasteiger partial charge in [-0.2, -0.15) is 0 Å². The van der Waals surface area contributed by atoms with E-state index < -0.39 is 10.0 Å². The number of carbonyl (C=O) groups excluding carboxylic acids is 1. The van der Waals surface area contributed by atoms with Crippen molar-refractivity contribution in [1.82, 2.24) is 10.2 Å². The fraction of sp³-hybridized carbons (Fsp3) is 0.500. The van der Waals surface area contributed by atoms with Crippen molar-refractivity contribution in [1.29, 1.82) is 0 Å². The second kappa shape index (κ2) is 6.44. The molecule has 0 spiro atoms. The number of amides is 2. The van der Waals surface area contributed by atoms with Gasteiger partial charge in [0.25, 0.3) is 0 Å². The first-order valence-corrected chi connectivity index (χ1v) is 8.64. The highest BCUT2D eigenvalue weighted by Crippen LogP contribution is 2.19. The molecule has 0 bridgehead atoms. The molecule has 0 saturated carbocycles. The Hall–Kier alpha value is -1.60. The molecule has 1 heterocycles. The molecule has 0 unspecified atom stereocenters. The number of carbonyl (C=O) groups is 1. The molecule has 0 saturated heterocycles. The van der Waals surface area contributed by atoms with Crippen molar-refractivity contribution in [3.05, 3.63) is 29.3 Å². The van der Waals surface area contributed by atoms with Gasteiger partial charge in [-0.1, -0.05) is 13.0 Å². The molecule has 116 valence electrons. The van der Waals surface area contributed by atoms with E-state index in [1.165, 1.54) is 6.07 Å². The molecule has 0 aromatic heterocycles. The molecule has 7 heteroatoms. The minimum Gasteiger partial charge on any atom is -0.338 e. The number of nitrogens with two attached hydrogens (primary N) is 1. The summed E-state index contributed by atoms with van der Waals surface area (Å²) >= 11 is 0. The summed E-state index contributed by atoms with van der Waals surface area (Å²) < 4.78 is 22.8. The van der Waals surface area contributed by atoms with Gasteiger partial charge in [0.15, 0.2) is 0 Å². The Morgan fingerprint density at radius 1 is 1.29 bits per heavy atom. The maximum atomic E-state index is 12.0. The molecule has 1 aromatic carbocycles. The summed E-state index contributed by atoms with van der Waals surface area (Å²) in [6.45, 7) is 3.89. The van der Waals surface area contributed by atoms with Crippen LogP contribution in [0.15, 0.2) is 23.1 Å². The average Bonchev–Trinajstić information content (AvgIpc) is 2.65. The van der Waals surface area contributed by atoms with Crippen molar-refractivity contribution >= 4 is 16.1 Å². The van der Waals surface area contributed by atoms with Gasteiger partial charge in [-0.05, 0) is 42.5 Å². The molecule has 0 atom stereocenters. The van der Waals surface area contributed by atoms with Gasteiger partial charge in [-0.25, -0.2) is 18.4 Å². The van der Waals surface area contributed by atoms with Gasteiger partial charge in [0, 0.05) is 19.6 Å². The monoisotopic (exact) mass is 311 g/mol. The number of rotatable bonds is 3. The molecule has 0 aliphatic carbocycles. The number of sulfonamides is 1. The SMILES string of the molecule is CCCNC(=O)N1CCc2ccc(S(N)(=O)=O)cc2CC1. The number of nitrogens with zero attached hydrogens (tertiary/aromatic N) is 1. The summed E-state index contributed by atoms with van der Waals surface area (Å²) in [6, 6.07) is 4.89. The Bertz CT molecular complexity index is 628. The van der Waals surface area contributed by atoms with Crippen molar-refractivity contribution in [2.75, 3.05) is 19.6 Å². The molecule has 6 nitrogen and oxygen atoms in total. The molecular weight excluding hydrogens is 290 g/mol. The Kier molecular flexibility index (Phi) is 4.84. The lowest BCUT2D eigenvalue weighted by molar-refractivity contribution is 0.200. The fourth-order valence-electron chi connectivity index (χ4n) is 2.43. The first-order valence-electron chi connectivity index (χ1n) is 7.09. The van der Waals surface area contributed by atoms with E-state index in [0.717, 1.165) is 24.0 Å². The van der Waals surface area contributed by atoms with E-state index in [-0.39, 0.29) is 10.9 Å². The second-order valence-corrected chi connectivity index (χ2v) is 6.76. The molecule has 2 rings (SSSR count).